The van der Waals surface area contributed by atoms with Gasteiger partial charge in [0.25, 0.3) is 0 Å². The van der Waals surface area contributed by atoms with Crippen molar-refractivity contribution in [3.05, 3.63) is 48.3 Å². The monoisotopic (exact) mass is 256 g/mol. The van der Waals surface area contributed by atoms with E-state index >= 15 is 0 Å². The Kier molecular flexibility index (Phi) is 3.60. The third kappa shape index (κ3) is 2.54. The number of nitrogens with one attached hydrogen (secondary N) is 1. The smallest absolute Gasteiger partial charge is 0.0954 e. The number of hydrogen-bond acceptors (Lipinski definition) is 3. The molecule has 100 valence electrons. The van der Waals surface area contributed by atoms with Crippen molar-refractivity contribution < 1.29 is 0 Å². The highest BCUT2D eigenvalue weighted by atomic mass is 15.1. The van der Waals surface area contributed by atoms with Gasteiger partial charge in [-0.1, -0.05) is 6.07 Å². The zero-order valence-electron chi connectivity index (χ0n) is 11.3. The predicted octanol–water partition coefficient (Wildman–Crippen LogP) is 2.35. The Hall–Kier alpha value is -1.68. The number of piperidine rings is 1. The van der Waals surface area contributed by atoms with Crippen molar-refractivity contribution in [1.29, 1.82) is 0 Å². The van der Waals surface area contributed by atoms with Crippen molar-refractivity contribution in [2.24, 2.45) is 0 Å². The molecule has 4 nitrogen and oxygen atoms in total. The summed E-state index contributed by atoms with van der Waals surface area (Å²) in [6, 6.07) is 6.32. The van der Waals surface area contributed by atoms with Crippen LogP contribution in [-0.2, 0) is 0 Å². The largest absolute Gasteiger partial charge is 0.326 e. The molecule has 0 aromatic carbocycles. The zero-order chi connectivity index (χ0) is 13.1. The van der Waals surface area contributed by atoms with Gasteiger partial charge in [-0.05, 0) is 45.0 Å². The zero-order valence-corrected chi connectivity index (χ0v) is 11.3. The van der Waals surface area contributed by atoms with Crippen LogP contribution in [0.2, 0.25) is 0 Å². The fourth-order valence-electron chi connectivity index (χ4n) is 2.84. The van der Waals surface area contributed by atoms with Crippen molar-refractivity contribution in [1.82, 2.24) is 19.9 Å². The lowest BCUT2D eigenvalue weighted by Gasteiger charge is -2.25. The molecule has 2 aromatic rings. The Bertz CT molecular complexity index is 514. The Labute approximate surface area is 113 Å². The fourth-order valence-corrected chi connectivity index (χ4v) is 2.84. The molecule has 1 aliphatic rings. The summed E-state index contributed by atoms with van der Waals surface area (Å²) in [7, 11) is 0. The molecule has 0 radical (unpaired) electrons. The third-order valence-corrected chi connectivity index (χ3v) is 3.99. The molecule has 1 saturated heterocycles. The molecule has 3 rings (SSSR count). The minimum absolute atomic E-state index is 0.244. The van der Waals surface area contributed by atoms with E-state index in [1.165, 1.54) is 18.5 Å². The van der Waals surface area contributed by atoms with Crippen LogP contribution in [0.5, 0.6) is 0 Å². The van der Waals surface area contributed by atoms with Gasteiger partial charge in [0.1, 0.15) is 0 Å². The van der Waals surface area contributed by atoms with Crippen LogP contribution < -0.4 is 5.32 Å². The fraction of sp³-hybridized carbons (Fsp3) is 0.467. The summed E-state index contributed by atoms with van der Waals surface area (Å²) in [6.07, 6.45) is 8.21. The van der Waals surface area contributed by atoms with E-state index in [9.17, 15) is 0 Å². The Balaban J connectivity index is 1.87. The van der Waals surface area contributed by atoms with E-state index in [4.69, 9.17) is 0 Å². The highest BCUT2D eigenvalue weighted by molar-refractivity contribution is 5.15. The maximum Gasteiger partial charge on any atom is 0.0954 e. The minimum atomic E-state index is 0.244. The van der Waals surface area contributed by atoms with Crippen LogP contribution in [-0.4, -0.2) is 27.6 Å². The summed E-state index contributed by atoms with van der Waals surface area (Å²) >= 11 is 0. The van der Waals surface area contributed by atoms with Crippen LogP contribution in [0.3, 0.4) is 0 Å². The summed E-state index contributed by atoms with van der Waals surface area (Å²) in [5.74, 6) is 0.620. The van der Waals surface area contributed by atoms with Gasteiger partial charge in [0.05, 0.1) is 18.1 Å². The van der Waals surface area contributed by atoms with Crippen molar-refractivity contribution in [2.75, 3.05) is 13.1 Å². The molecule has 1 aliphatic heterocycles. The average Bonchev–Trinajstić information content (AvgIpc) is 2.98. The van der Waals surface area contributed by atoms with Crippen molar-refractivity contribution in [3.63, 3.8) is 0 Å². The van der Waals surface area contributed by atoms with E-state index in [0.717, 1.165) is 18.8 Å². The molecule has 2 aromatic heterocycles. The Morgan fingerprint density at radius 2 is 2.16 bits per heavy atom. The van der Waals surface area contributed by atoms with Crippen molar-refractivity contribution in [2.45, 2.75) is 31.7 Å². The van der Waals surface area contributed by atoms with Crippen LogP contribution in [0.25, 0.3) is 0 Å². The van der Waals surface area contributed by atoms with Crippen LogP contribution in [0.15, 0.2) is 36.9 Å². The molecule has 1 fully saturated rings. The van der Waals surface area contributed by atoms with E-state index in [1.54, 1.807) is 0 Å². The number of hydrogen-bond donors (Lipinski definition) is 1. The summed E-state index contributed by atoms with van der Waals surface area (Å²) in [5.41, 5.74) is 2.44. The molecule has 0 spiro atoms. The summed E-state index contributed by atoms with van der Waals surface area (Å²) in [5, 5.41) is 3.42. The van der Waals surface area contributed by atoms with Gasteiger partial charge in [0.15, 0.2) is 0 Å². The van der Waals surface area contributed by atoms with Gasteiger partial charge in [0.2, 0.25) is 0 Å². The lowest BCUT2D eigenvalue weighted by Crippen LogP contribution is -2.28. The standard InChI is InChI=1S/C15H20N4/c1-12(14-4-2-3-7-18-14)19-11-17-10-15(19)13-5-8-16-9-6-13/h2-4,7,10-13,16H,5-6,8-9H2,1H3. The van der Waals surface area contributed by atoms with Crippen LogP contribution >= 0.6 is 0 Å². The second kappa shape index (κ2) is 5.53. The number of rotatable bonds is 3. The molecule has 1 atom stereocenters. The SMILES string of the molecule is CC(c1ccccn1)n1cncc1C1CCNCC1. The molecule has 4 heteroatoms. The minimum Gasteiger partial charge on any atom is -0.326 e. The lowest BCUT2D eigenvalue weighted by molar-refractivity contribution is 0.432. The van der Waals surface area contributed by atoms with E-state index in [0.29, 0.717) is 5.92 Å². The molecule has 0 bridgehead atoms. The van der Waals surface area contributed by atoms with E-state index < -0.39 is 0 Å². The summed E-state index contributed by atoms with van der Waals surface area (Å²) < 4.78 is 2.28. The Morgan fingerprint density at radius 1 is 1.32 bits per heavy atom. The summed E-state index contributed by atoms with van der Waals surface area (Å²) in [4.78, 5) is 8.82. The van der Waals surface area contributed by atoms with Gasteiger partial charge in [-0.25, -0.2) is 4.98 Å². The number of imidazole rings is 1. The molecule has 0 saturated carbocycles. The van der Waals surface area contributed by atoms with Crippen LogP contribution in [0.4, 0.5) is 0 Å². The first-order valence-corrected chi connectivity index (χ1v) is 6.99. The quantitative estimate of drug-likeness (QED) is 0.916. The number of pyridine rings is 1. The van der Waals surface area contributed by atoms with E-state index in [2.05, 4.69) is 32.8 Å². The number of aromatic nitrogens is 3. The Morgan fingerprint density at radius 3 is 2.89 bits per heavy atom. The maximum absolute atomic E-state index is 4.46. The van der Waals surface area contributed by atoms with E-state index in [-0.39, 0.29) is 6.04 Å². The van der Waals surface area contributed by atoms with Gasteiger partial charge in [-0.15, -0.1) is 0 Å². The molecule has 0 aliphatic carbocycles. The molecular weight excluding hydrogens is 236 g/mol. The van der Waals surface area contributed by atoms with Gasteiger partial charge in [-0.3, -0.25) is 4.98 Å². The topological polar surface area (TPSA) is 42.7 Å². The highest BCUT2D eigenvalue weighted by Gasteiger charge is 2.21. The van der Waals surface area contributed by atoms with Crippen LogP contribution in [0, 0.1) is 0 Å². The van der Waals surface area contributed by atoms with Gasteiger partial charge < -0.3 is 9.88 Å². The highest BCUT2D eigenvalue weighted by Crippen LogP contribution is 2.28. The molecular formula is C15H20N4. The van der Waals surface area contributed by atoms with Crippen LogP contribution in [0.1, 0.15) is 43.1 Å². The van der Waals surface area contributed by atoms with Crippen molar-refractivity contribution in [3.8, 4) is 0 Å². The molecule has 19 heavy (non-hydrogen) atoms. The third-order valence-electron chi connectivity index (χ3n) is 3.99. The first kappa shape index (κ1) is 12.4. The normalized spacial score (nSPS) is 18.4. The number of nitrogens with zero attached hydrogens (tertiary/aromatic N) is 3. The first-order valence-electron chi connectivity index (χ1n) is 6.99. The molecule has 1 N–H and O–H groups in total. The second-order valence-electron chi connectivity index (χ2n) is 5.18. The van der Waals surface area contributed by atoms with Gasteiger partial charge >= 0.3 is 0 Å². The van der Waals surface area contributed by atoms with Gasteiger partial charge in [-0.2, -0.15) is 0 Å². The second-order valence-corrected chi connectivity index (χ2v) is 5.18. The molecule has 1 unspecified atom stereocenters. The van der Waals surface area contributed by atoms with E-state index in [1.807, 2.05) is 30.9 Å². The average molecular weight is 256 g/mol. The maximum atomic E-state index is 4.46. The van der Waals surface area contributed by atoms with Crippen molar-refractivity contribution >= 4 is 0 Å². The first-order chi connectivity index (χ1) is 9.36. The molecule has 0 amide bonds. The van der Waals surface area contributed by atoms with Gasteiger partial charge in [0, 0.05) is 24.0 Å². The lowest BCUT2D eigenvalue weighted by atomic mass is 9.94. The predicted molar refractivity (Wildman–Crippen MR) is 75.1 cm³/mol. The molecule has 3 heterocycles. The summed E-state index contributed by atoms with van der Waals surface area (Å²) in [6.45, 7) is 4.40.